The SMILES string of the molecule is O=C(OCc1nc(-c2ccc(F)cc2)no1)c1ccccc1OC[C@H]1CCCO1. The largest absolute Gasteiger partial charge is 0.490 e. The predicted molar refractivity (Wildman–Crippen MR) is 99.7 cm³/mol. The van der Waals surface area contributed by atoms with Crippen LogP contribution in [0.25, 0.3) is 11.4 Å². The molecule has 1 fully saturated rings. The molecule has 1 aliphatic rings. The van der Waals surface area contributed by atoms with Gasteiger partial charge in [0.05, 0.1) is 6.10 Å². The number of para-hydroxylation sites is 1. The number of benzene rings is 2. The summed E-state index contributed by atoms with van der Waals surface area (Å²) in [6.07, 6.45) is 2.00. The minimum Gasteiger partial charge on any atom is -0.490 e. The highest BCUT2D eigenvalue weighted by atomic mass is 19.1. The average Bonchev–Trinajstić information content (AvgIpc) is 3.43. The smallest absolute Gasteiger partial charge is 0.342 e. The fraction of sp³-hybridized carbons (Fsp3) is 0.286. The van der Waals surface area contributed by atoms with Gasteiger partial charge in [-0.05, 0) is 49.2 Å². The van der Waals surface area contributed by atoms with Crippen LogP contribution in [0.4, 0.5) is 4.39 Å². The van der Waals surface area contributed by atoms with Gasteiger partial charge in [0.2, 0.25) is 5.82 Å². The Morgan fingerprint density at radius 2 is 2.00 bits per heavy atom. The summed E-state index contributed by atoms with van der Waals surface area (Å²) in [6, 6.07) is 12.5. The Morgan fingerprint density at radius 3 is 2.79 bits per heavy atom. The number of esters is 1. The average molecular weight is 398 g/mol. The highest BCUT2D eigenvalue weighted by molar-refractivity contribution is 5.92. The summed E-state index contributed by atoms with van der Waals surface area (Å²) in [5.74, 6) is -0.0569. The molecule has 0 radical (unpaired) electrons. The number of carbonyl (C=O) groups is 1. The summed E-state index contributed by atoms with van der Waals surface area (Å²) in [5.41, 5.74) is 0.907. The first-order chi connectivity index (χ1) is 14.2. The van der Waals surface area contributed by atoms with Gasteiger partial charge in [-0.15, -0.1) is 0 Å². The predicted octanol–water partition coefficient (Wildman–Crippen LogP) is 3.79. The molecule has 150 valence electrons. The first-order valence-corrected chi connectivity index (χ1v) is 9.28. The zero-order valence-corrected chi connectivity index (χ0v) is 15.5. The Kier molecular flexibility index (Phi) is 5.81. The number of halogens is 1. The van der Waals surface area contributed by atoms with Gasteiger partial charge in [0, 0.05) is 12.2 Å². The van der Waals surface area contributed by atoms with Crippen LogP contribution in [-0.2, 0) is 16.1 Å². The Balaban J connectivity index is 1.37. The van der Waals surface area contributed by atoms with Crippen molar-refractivity contribution in [3.8, 4) is 17.1 Å². The molecular weight excluding hydrogens is 379 g/mol. The van der Waals surface area contributed by atoms with Crippen LogP contribution < -0.4 is 4.74 Å². The summed E-state index contributed by atoms with van der Waals surface area (Å²) < 4.78 is 34.7. The Labute approximate surface area is 166 Å². The summed E-state index contributed by atoms with van der Waals surface area (Å²) in [6.45, 7) is 0.934. The zero-order chi connectivity index (χ0) is 20.1. The van der Waals surface area contributed by atoms with E-state index >= 15 is 0 Å². The van der Waals surface area contributed by atoms with Crippen molar-refractivity contribution in [1.82, 2.24) is 10.1 Å². The third-order valence-electron chi connectivity index (χ3n) is 4.45. The molecule has 0 amide bonds. The normalized spacial score (nSPS) is 16.0. The minimum absolute atomic E-state index is 0.0438. The second-order valence-electron chi connectivity index (χ2n) is 6.54. The zero-order valence-electron chi connectivity index (χ0n) is 15.5. The van der Waals surface area contributed by atoms with E-state index in [0.29, 0.717) is 23.5 Å². The van der Waals surface area contributed by atoms with Crippen molar-refractivity contribution in [2.24, 2.45) is 0 Å². The van der Waals surface area contributed by atoms with Crippen LogP contribution in [0.5, 0.6) is 5.75 Å². The maximum atomic E-state index is 13.0. The lowest BCUT2D eigenvalue weighted by Gasteiger charge is -2.13. The third kappa shape index (κ3) is 4.78. The van der Waals surface area contributed by atoms with Crippen molar-refractivity contribution >= 4 is 5.97 Å². The quantitative estimate of drug-likeness (QED) is 0.560. The lowest BCUT2D eigenvalue weighted by molar-refractivity contribution is 0.0414. The van der Waals surface area contributed by atoms with Gasteiger partial charge in [-0.1, -0.05) is 17.3 Å². The second-order valence-corrected chi connectivity index (χ2v) is 6.54. The number of ether oxygens (including phenoxy) is 3. The van der Waals surface area contributed by atoms with Crippen LogP contribution in [-0.4, -0.2) is 35.4 Å². The van der Waals surface area contributed by atoms with E-state index in [-0.39, 0.29) is 30.2 Å². The molecule has 3 aromatic rings. The molecule has 0 spiro atoms. The molecular formula is C21H19FN2O5. The second kappa shape index (κ2) is 8.83. The number of aromatic nitrogens is 2. The molecule has 2 heterocycles. The Morgan fingerprint density at radius 1 is 1.17 bits per heavy atom. The highest BCUT2D eigenvalue weighted by Gasteiger charge is 2.19. The molecule has 1 atom stereocenters. The number of carbonyl (C=O) groups excluding carboxylic acids is 1. The minimum atomic E-state index is -0.561. The molecule has 1 aliphatic heterocycles. The molecule has 7 nitrogen and oxygen atoms in total. The molecule has 0 saturated carbocycles. The molecule has 29 heavy (non-hydrogen) atoms. The highest BCUT2D eigenvalue weighted by Crippen LogP contribution is 2.22. The van der Waals surface area contributed by atoms with Gasteiger partial charge in [-0.3, -0.25) is 0 Å². The van der Waals surface area contributed by atoms with Gasteiger partial charge >= 0.3 is 5.97 Å². The van der Waals surface area contributed by atoms with E-state index in [4.69, 9.17) is 18.7 Å². The van der Waals surface area contributed by atoms with E-state index in [1.807, 2.05) is 0 Å². The van der Waals surface area contributed by atoms with Gasteiger partial charge in [-0.25, -0.2) is 9.18 Å². The molecule has 0 bridgehead atoms. The van der Waals surface area contributed by atoms with Gasteiger partial charge in [0.25, 0.3) is 5.89 Å². The molecule has 0 aliphatic carbocycles. The van der Waals surface area contributed by atoms with Crippen molar-refractivity contribution < 1.29 is 27.9 Å². The molecule has 0 N–H and O–H groups in total. The van der Waals surface area contributed by atoms with Crippen LogP contribution in [0.3, 0.4) is 0 Å². The fourth-order valence-electron chi connectivity index (χ4n) is 2.95. The van der Waals surface area contributed by atoms with E-state index in [9.17, 15) is 9.18 Å². The number of hydrogen-bond acceptors (Lipinski definition) is 7. The number of hydrogen-bond donors (Lipinski definition) is 0. The summed E-state index contributed by atoms with van der Waals surface area (Å²) >= 11 is 0. The van der Waals surface area contributed by atoms with Crippen molar-refractivity contribution in [3.05, 3.63) is 65.8 Å². The molecule has 1 saturated heterocycles. The fourth-order valence-corrected chi connectivity index (χ4v) is 2.95. The topological polar surface area (TPSA) is 83.7 Å². The summed E-state index contributed by atoms with van der Waals surface area (Å²) in [5, 5.41) is 3.82. The van der Waals surface area contributed by atoms with Crippen LogP contribution >= 0.6 is 0 Å². The van der Waals surface area contributed by atoms with Crippen molar-refractivity contribution in [1.29, 1.82) is 0 Å². The lowest BCUT2D eigenvalue weighted by atomic mass is 10.2. The van der Waals surface area contributed by atoms with Crippen molar-refractivity contribution in [2.45, 2.75) is 25.6 Å². The van der Waals surface area contributed by atoms with Gasteiger partial charge in [-0.2, -0.15) is 4.98 Å². The van der Waals surface area contributed by atoms with Gasteiger partial charge in [0.15, 0.2) is 6.61 Å². The van der Waals surface area contributed by atoms with E-state index < -0.39 is 5.97 Å². The number of nitrogens with zero attached hydrogens (tertiary/aromatic N) is 2. The molecule has 2 aromatic carbocycles. The lowest BCUT2D eigenvalue weighted by Crippen LogP contribution is -2.17. The summed E-state index contributed by atoms with van der Waals surface area (Å²) in [7, 11) is 0. The standard InChI is InChI=1S/C21H19FN2O5/c22-15-9-7-14(8-10-15)20-23-19(29-24-20)13-28-21(25)17-5-1-2-6-18(17)27-12-16-4-3-11-26-16/h1-2,5-10,16H,3-4,11-13H2/t16-/m1/s1. The first-order valence-electron chi connectivity index (χ1n) is 9.28. The van der Waals surface area contributed by atoms with E-state index in [1.165, 1.54) is 24.3 Å². The molecule has 4 rings (SSSR count). The molecule has 0 unspecified atom stereocenters. The van der Waals surface area contributed by atoms with Crippen LogP contribution in [0, 0.1) is 5.82 Å². The van der Waals surface area contributed by atoms with Gasteiger partial charge in [0.1, 0.15) is 23.7 Å². The number of rotatable bonds is 7. The van der Waals surface area contributed by atoms with Crippen molar-refractivity contribution in [2.75, 3.05) is 13.2 Å². The molecule has 8 heteroatoms. The van der Waals surface area contributed by atoms with Crippen LogP contribution in [0.1, 0.15) is 29.1 Å². The Bertz CT molecular complexity index is 967. The summed E-state index contributed by atoms with van der Waals surface area (Å²) in [4.78, 5) is 16.6. The van der Waals surface area contributed by atoms with Gasteiger partial charge < -0.3 is 18.7 Å². The van der Waals surface area contributed by atoms with Crippen LogP contribution in [0.15, 0.2) is 53.1 Å². The Hall–Kier alpha value is -3.26. The van der Waals surface area contributed by atoms with Crippen LogP contribution in [0.2, 0.25) is 0 Å². The van der Waals surface area contributed by atoms with E-state index in [0.717, 1.165) is 19.4 Å². The monoisotopic (exact) mass is 398 g/mol. The first kappa shape index (κ1) is 19.1. The third-order valence-corrected chi connectivity index (χ3v) is 4.45. The molecule has 1 aromatic heterocycles. The maximum absolute atomic E-state index is 13.0. The van der Waals surface area contributed by atoms with E-state index in [2.05, 4.69) is 10.1 Å². The maximum Gasteiger partial charge on any atom is 0.342 e. The van der Waals surface area contributed by atoms with E-state index in [1.54, 1.807) is 24.3 Å². The van der Waals surface area contributed by atoms with Crippen molar-refractivity contribution in [3.63, 3.8) is 0 Å².